The standard InChI is InChI=1S/C13H17N3O4/c1-12(2,13(3,4)17)15-11-14-9-6-5-8(16(18)19)7-10(9)20-11/h5-7,17H,1-4H3,(H,14,15). The van der Waals surface area contributed by atoms with Crippen molar-refractivity contribution >= 4 is 22.8 Å². The molecule has 2 N–H and O–H groups in total. The van der Waals surface area contributed by atoms with Crippen LogP contribution < -0.4 is 5.32 Å². The fraction of sp³-hybridized carbons (Fsp3) is 0.462. The highest BCUT2D eigenvalue weighted by molar-refractivity contribution is 5.77. The van der Waals surface area contributed by atoms with Gasteiger partial charge in [0.1, 0.15) is 5.52 Å². The van der Waals surface area contributed by atoms with Gasteiger partial charge in [-0.05, 0) is 33.8 Å². The predicted octanol–water partition coefficient (Wildman–Crippen LogP) is 2.70. The maximum atomic E-state index is 10.7. The Morgan fingerprint density at radius 1 is 1.35 bits per heavy atom. The average Bonchev–Trinajstić information content (AvgIpc) is 2.67. The van der Waals surface area contributed by atoms with E-state index in [4.69, 9.17) is 4.42 Å². The lowest BCUT2D eigenvalue weighted by atomic mass is 9.86. The Morgan fingerprint density at radius 3 is 2.55 bits per heavy atom. The summed E-state index contributed by atoms with van der Waals surface area (Å²) in [7, 11) is 0. The number of nitrogens with one attached hydrogen (secondary N) is 1. The lowest BCUT2D eigenvalue weighted by Gasteiger charge is -2.37. The molecule has 2 aromatic rings. The topological polar surface area (TPSA) is 101 Å². The summed E-state index contributed by atoms with van der Waals surface area (Å²) in [5.74, 6) is 0. The molecule has 0 aliphatic carbocycles. The second kappa shape index (κ2) is 4.45. The van der Waals surface area contributed by atoms with Gasteiger partial charge in [0.25, 0.3) is 11.7 Å². The SMILES string of the molecule is CC(C)(O)C(C)(C)Nc1nc2ccc([N+](=O)[O-])cc2o1. The van der Waals surface area contributed by atoms with E-state index in [-0.39, 0.29) is 11.7 Å². The van der Waals surface area contributed by atoms with Crippen LogP contribution in [0.2, 0.25) is 0 Å². The van der Waals surface area contributed by atoms with Crippen LogP contribution >= 0.6 is 0 Å². The third-order valence-electron chi connectivity index (χ3n) is 3.53. The third-order valence-corrected chi connectivity index (χ3v) is 3.53. The van der Waals surface area contributed by atoms with Gasteiger partial charge < -0.3 is 14.8 Å². The number of non-ortho nitro benzene ring substituents is 1. The smallest absolute Gasteiger partial charge is 0.296 e. The molecule has 0 amide bonds. The third kappa shape index (κ3) is 2.57. The molecule has 1 aromatic heterocycles. The molecule has 0 aliphatic heterocycles. The van der Waals surface area contributed by atoms with E-state index in [1.54, 1.807) is 13.8 Å². The molecule has 0 unspecified atom stereocenters. The molecule has 0 saturated carbocycles. The highest BCUT2D eigenvalue weighted by atomic mass is 16.6. The van der Waals surface area contributed by atoms with Crippen molar-refractivity contribution in [3.05, 3.63) is 28.3 Å². The summed E-state index contributed by atoms with van der Waals surface area (Å²) in [4.78, 5) is 14.4. The largest absolute Gasteiger partial charge is 0.423 e. The number of aliphatic hydroxyl groups is 1. The normalized spacial score (nSPS) is 12.7. The van der Waals surface area contributed by atoms with Gasteiger partial charge in [0, 0.05) is 6.07 Å². The van der Waals surface area contributed by atoms with Gasteiger partial charge in [-0.15, -0.1) is 0 Å². The minimum Gasteiger partial charge on any atom is -0.423 e. The molecular formula is C13H17N3O4. The molecule has 7 nitrogen and oxygen atoms in total. The maximum absolute atomic E-state index is 10.7. The second-order valence-corrected chi connectivity index (χ2v) is 5.74. The first-order valence-corrected chi connectivity index (χ1v) is 6.16. The molecule has 20 heavy (non-hydrogen) atoms. The highest BCUT2D eigenvalue weighted by Gasteiger charge is 2.36. The number of oxazole rings is 1. The van der Waals surface area contributed by atoms with E-state index in [0.717, 1.165) is 0 Å². The van der Waals surface area contributed by atoms with Crippen molar-refractivity contribution in [1.29, 1.82) is 0 Å². The fourth-order valence-electron chi connectivity index (χ4n) is 1.50. The molecule has 0 radical (unpaired) electrons. The Balaban J connectivity index is 2.35. The van der Waals surface area contributed by atoms with Crippen LogP contribution in [0.3, 0.4) is 0 Å². The Kier molecular flexibility index (Phi) is 3.17. The van der Waals surface area contributed by atoms with E-state index >= 15 is 0 Å². The zero-order valence-corrected chi connectivity index (χ0v) is 11.8. The summed E-state index contributed by atoms with van der Waals surface area (Å²) in [6.07, 6.45) is 0. The van der Waals surface area contributed by atoms with Crippen LogP contribution in [0.5, 0.6) is 0 Å². The molecule has 108 valence electrons. The van der Waals surface area contributed by atoms with E-state index in [9.17, 15) is 15.2 Å². The number of nitro benzene ring substituents is 1. The van der Waals surface area contributed by atoms with Crippen molar-refractivity contribution in [2.75, 3.05) is 5.32 Å². The molecule has 0 saturated heterocycles. The van der Waals surface area contributed by atoms with Crippen LogP contribution in [0.1, 0.15) is 27.7 Å². The number of hydrogen-bond acceptors (Lipinski definition) is 6. The zero-order valence-electron chi connectivity index (χ0n) is 11.8. The van der Waals surface area contributed by atoms with Crippen molar-refractivity contribution in [2.45, 2.75) is 38.8 Å². The van der Waals surface area contributed by atoms with E-state index in [1.807, 2.05) is 13.8 Å². The number of benzene rings is 1. The number of anilines is 1. The summed E-state index contributed by atoms with van der Waals surface area (Å²) in [6.45, 7) is 6.97. The molecular weight excluding hydrogens is 262 g/mol. The van der Waals surface area contributed by atoms with Crippen LogP contribution in [-0.2, 0) is 0 Å². The van der Waals surface area contributed by atoms with E-state index in [2.05, 4.69) is 10.3 Å². The van der Waals surface area contributed by atoms with E-state index in [1.165, 1.54) is 18.2 Å². The Labute approximate surface area is 115 Å². The van der Waals surface area contributed by atoms with Gasteiger partial charge in [-0.3, -0.25) is 10.1 Å². The fourth-order valence-corrected chi connectivity index (χ4v) is 1.50. The van der Waals surface area contributed by atoms with Gasteiger partial charge in [-0.2, -0.15) is 4.98 Å². The van der Waals surface area contributed by atoms with Crippen molar-refractivity contribution < 1.29 is 14.4 Å². The molecule has 0 aliphatic rings. The van der Waals surface area contributed by atoms with Crippen molar-refractivity contribution in [1.82, 2.24) is 4.98 Å². The minimum absolute atomic E-state index is 0.0538. The molecule has 0 bridgehead atoms. The Bertz CT molecular complexity index is 655. The van der Waals surface area contributed by atoms with Crippen LogP contribution in [-0.4, -0.2) is 26.2 Å². The summed E-state index contributed by atoms with van der Waals surface area (Å²) >= 11 is 0. The number of fused-ring (bicyclic) bond motifs is 1. The maximum Gasteiger partial charge on any atom is 0.296 e. The first-order valence-electron chi connectivity index (χ1n) is 6.16. The predicted molar refractivity (Wildman–Crippen MR) is 74.7 cm³/mol. The van der Waals surface area contributed by atoms with Gasteiger partial charge in [0.2, 0.25) is 0 Å². The first kappa shape index (κ1) is 14.3. The lowest BCUT2D eigenvalue weighted by Crippen LogP contribution is -2.51. The summed E-state index contributed by atoms with van der Waals surface area (Å²) < 4.78 is 5.45. The van der Waals surface area contributed by atoms with Crippen LogP contribution in [0.25, 0.3) is 11.1 Å². The second-order valence-electron chi connectivity index (χ2n) is 5.74. The first-order chi connectivity index (χ1) is 9.10. The van der Waals surface area contributed by atoms with Gasteiger partial charge in [-0.25, -0.2) is 0 Å². The average molecular weight is 279 g/mol. The lowest BCUT2D eigenvalue weighted by molar-refractivity contribution is -0.384. The zero-order chi connectivity index (χ0) is 15.1. The van der Waals surface area contributed by atoms with Crippen LogP contribution in [0.4, 0.5) is 11.7 Å². The molecule has 7 heteroatoms. The van der Waals surface area contributed by atoms with Crippen molar-refractivity contribution in [3.63, 3.8) is 0 Å². The van der Waals surface area contributed by atoms with Crippen LogP contribution in [0, 0.1) is 10.1 Å². The molecule has 0 atom stereocenters. The van der Waals surface area contributed by atoms with Crippen molar-refractivity contribution in [3.8, 4) is 0 Å². The van der Waals surface area contributed by atoms with Gasteiger partial charge >= 0.3 is 0 Å². The Morgan fingerprint density at radius 2 is 2.00 bits per heavy atom. The van der Waals surface area contributed by atoms with E-state index in [0.29, 0.717) is 11.1 Å². The number of rotatable bonds is 4. The number of nitro groups is 1. The van der Waals surface area contributed by atoms with Gasteiger partial charge in [-0.1, -0.05) is 0 Å². The van der Waals surface area contributed by atoms with Crippen molar-refractivity contribution in [2.24, 2.45) is 0 Å². The van der Waals surface area contributed by atoms with Gasteiger partial charge in [0.05, 0.1) is 22.1 Å². The molecule has 1 aromatic carbocycles. The highest BCUT2D eigenvalue weighted by Crippen LogP contribution is 2.29. The Hall–Kier alpha value is -2.15. The summed E-state index contributed by atoms with van der Waals surface area (Å²) in [6, 6.07) is 4.44. The molecule has 2 rings (SSSR count). The monoisotopic (exact) mass is 279 g/mol. The number of hydrogen-bond donors (Lipinski definition) is 2. The number of nitrogens with zero attached hydrogens (tertiary/aromatic N) is 2. The summed E-state index contributed by atoms with van der Waals surface area (Å²) in [5, 5.41) is 23.8. The van der Waals surface area contributed by atoms with E-state index < -0.39 is 16.1 Å². The molecule has 1 heterocycles. The molecule has 0 spiro atoms. The number of aromatic nitrogens is 1. The van der Waals surface area contributed by atoms with Crippen LogP contribution in [0.15, 0.2) is 22.6 Å². The quantitative estimate of drug-likeness (QED) is 0.659. The van der Waals surface area contributed by atoms with Gasteiger partial charge in [0.15, 0.2) is 5.58 Å². The minimum atomic E-state index is -1.00. The molecule has 0 fully saturated rings. The summed E-state index contributed by atoms with van der Waals surface area (Å²) in [5.41, 5.74) is -0.890.